The lowest BCUT2D eigenvalue weighted by molar-refractivity contribution is -0.158. The fraction of sp³-hybridized carbons (Fsp3) is 0.250. The smallest absolute Gasteiger partial charge is 0.402 e. The van der Waals surface area contributed by atoms with Gasteiger partial charge in [-0.25, -0.2) is 0 Å². The van der Waals surface area contributed by atoms with Gasteiger partial charge in [-0.2, -0.15) is 8.78 Å². The summed E-state index contributed by atoms with van der Waals surface area (Å²) in [6.07, 6.45) is -3.47. The van der Waals surface area contributed by atoms with Crippen molar-refractivity contribution >= 4 is 5.69 Å². The van der Waals surface area contributed by atoms with Crippen LogP contribution in [0.2, 0.25) is 0 Å². The van der Waals surface area contributed by atoms with E-state index in [1.165, 1.54) is 0 Å². The van der Waals surface area contributed by atoms with Gasteiger partial charge in [0.25, 0.3) is 0 Å². The third-order valence-electron chi connectivity index (χ3n) is 1.77. The molecule has 2 rings (SSSR count). The molecule has 1 aromatic rings. The van der Waals surface area contributed by atoms with Gasteiger partial charge in [0, 0.05) is 5.56 Å². The Balaban J connectivity index is 2.48. The monoisotopic (exact) mass is 171 g/mol. The van der Waals surface area contributed by atoms with Crippen molar-refractivity contribution in [2.45, 2.75) is 12.5 Å². The summed E-state index contributed by atoms with van der Waals surface area (Å²) in [5.41, 5.74) is 6.18. The van der Waals surface area contributed by atoms with Crippen LogP contribution in [-0.4, -0.2) is 6.11 Å². The average molecular weight is 171 g/mol. The third kappa shape index (κ3) is 0.995. The molecule has 1 aliphatic heterocycles. The Hall–Kier alpha value is -1.32. The van der Waals surface area contributed by atoms with Gasteiger partial charge in [0.2, 0.25) is 0 Å². The van der Waals surface area contributed by atoms with E-state index in [-0.39, 0.29) is 17.9 Å². The van der Waals surface area contributed by atoms with E-state index in [2.05, 4.69) is 4.74 Å². The number of nitrogens with two attached hydrogens (primary N) is 1. The van der Waals surface area contributed by atoms with Gasteiger partial charge in [-0.1, -0.05) is 12.1 Å². The molecular formula is C8H7F2NO. The molecule has 1 aromatic carbocycles. The van der Waals surface area contributed by atoms with E-state index >= 15 is 0 Å². The van der Waals surface area contributed by atoms with Crippen LogP contribution in [0.5, 0.6) is 5.75 Å². The number of benzene rings is 1. The molecule has 0 aliphatic carbocycles. The summed E-state index contributed by atoms with van der Waals surface area (Å²) >= 11 is 0. The lowest BCUT2D eigenvalue weighted by Crippen LogP contribution is -2.20. The zero-order chi connectivity index (χ0) is 8.77. The first kappa shape index (κ1) is 7.34. The minimum absolute atomic E-state index is 0.127. The van der Waals surface area contributed by atoms with E-state index in [1.54, 1.807) is 18.2 Å². The summed E-state index contributed by atoms with van der Waals surface area (Å²) in [7, 11) is 0. The molecule has 64 valence electrons. The number of halogens is 2. The van der Waals surface area contributed by atoms with E-state index in [4.69, 9.17) is 5.73 Å². The fourth-order valence-corrected chi connectivity index (χ4v) is 1.28. The molecule has 0 amide bonds. The normalized spacial score (nSPS) is 18.5. The first-order chi connectivity index (χ1) is 5.58. The molecule has 12 heavy (non-hydrogen) atoms. The summed E-state index contributed by atoms with van der Waals surface area (Å²) in [6.45, 7) is 0. The quantitative estimate of drug-likeness (QED) is 0.604. The molecule has 0 bridgehead atoms. The van der Waals surface area contributed by atoms with Crippen molar-refractivity contribution in [3.05, 3.63) is 23.8 Å². The zero-order valence-electron chi connectivity index (χ0n) is 6.18. The predicted octanol–water partition coefficient (Wildman–Crippen LogP) is 1.80. The highest BCUT2D eigenvalue weighted by molar-refractivity contribution is 5.58. The number of rotatable bonds is 0. The maximum Gasteiger partial charge on any atom is 0.402 e. The number of ether oxygens (including phenoxy) is 1. The lowest BCUT2D eigenvalue weighted by atomic mass is 10.1. The highest BCUT2D eigenvalue weighted by atomic mass is 19.3. The molecular weight excluding hydrogens is 164 g/mol. The van der Waals surface area contributed by atoms with Crippen molar-refractivity contribution in [3.63, 3.8) is 0 Å². The number of nitrogen functional groups attached to an aromatic ring is 1. The Labute approximate surface area is 67.9 Å². The maximum absolute atomic E-state index is 12.6. The molecule has 0 unspecified atom stereocenters. The van der Waals surface area contributed by atoms with E-state index in [0.29, 0.717) is 5.56 Å². The highest BCUT2D eigenvalue weighted by Gasteiger charge is 2.40. The number of hydrogen-bond donors (Lipinski definition) is 1. The Morgan fingerprint density at radius 1 is 1.42 bits per heavy atom. The van der Waals surface area contributed by atoms with Crippen LogP contribution >= 0.6 is 0 Å². The molecule has 0 saturated heterocycles. The van der Waals surface area contributed by atoms with Gasteiger partial charge in [-0.15, -0.1) is 0 Å². The predicted molar refractivity (Wildman–Crippen MR) is 40.1 cm³/mol. The molecule has 0 fully saturated rings. The van der Waals surface area contributed by atoms with Crippen LogP contribution in [0.15, 0.2) is 18.2 Å². The van der Waals surface area contributed by atoms with Crippen molar-refractivity contribution in [1.82, 2.24) is 0 Å². The molecule has 2 nitrogen and oxygen atoms in total. The summed E-state index contributed by atoms with van der Waals surface area (Å²) in [4.78, 5) is 0. The molecule has 1 heterocycles. The highest BCUT2D eigenvalue weighted by Crippen LogP contribution is 2.40. The van der Waals surface area contributed by atoms with Crippen molar-refractivity contribution in [2.24, 2.45) is 0 Å². The van der Waals surface area contributed by atoms with Crippen LogP contribution in [0.4, 0.5) is 14.5 Å². The Morgan fingerprint density at radius 2 is 2.17 bits per heavy atom. The SMILES string of the molecule is Nc1cccc2c1OC(F)(F)C2. The van der Waals surface area contributed by atoms with Crippen LogP contribution in [0.3, 0.4) is 0 Å². The van der Waals surface area contributed by atoms with Crippen LogP contribution in [0, 0.1) is 0 Å². The fourth-order valence-electron chi connectivity index (χ4n) is 1.28. The Kier molecular flexibility index (Phi) is 1.28. The van der Waals surface area contributed by atoms with Crippen molar-refractivity contribution in [2.75, 3.05) is 5.73 Å². The number of hydrogen-bond acceptors (Lipinski definition) is 2. The Bertz CT molecular complexity index is 325. The van der Waals surface area contributed by atoms with E-state index in [1.807, 2.05) is 0 Å². The van der Waals surface area contributed by atoms with E-state index in [0.717, 1.165) is 0 Å². The van der Waals surface area contributed by atoms with Gasteiger partial charge in [0.15, 0.2) is 5.75 Å². The van der Waals surface area contributed by atoms with Gasteiger partial charge in [0.05, 0.1) is 12.1 Å². The Morgan fingerprint density at radius 3 is 2.83 bits per heavy atom. The maximum atomic E-state index is 12.6. The number of alkyl halides is 2. The second-order valence-electron chi connectivity index (χ2n) is 2.75. The van der Waals surface area contributed by atoms with Gasteiger partial charge >= 0.3 is 6.11 Å². The van der Waals surface area contributed by atoms with Gasteiger partial charge in [0.1, 0.15) is 0 Å². The molecule has 0 radical (unpaired) electrons. The molecule has 2 N–H and O–H groups in total. The third-order valence-corrected chi connectivity index (χ3v) is 1.77. The topological polar surface area (TPSA) is 35.2 Å². The van der Waals surface area contributed by atoms with Gasteiger partial charge in [-0.3, -0.25) is 0 Å². The lowest BCUT2D eigenvalue weighted by Gasteiger charge is -2.07. The number of fused-ring (bicyclic) bond motifs is 1. The zero-order valence-corrected chi connectivity index (χ0v) is 6.18. The van der Waals surface area contributed by atoms with Crippen molar-refractivity contribution in [1.29, 1.82) is 0 Å². The molecule has 0 saturated carbocycles. The molecule has 1 aliphatic rings. The van der Waals surface area contributed by atoms with Crippen molar-refractivity contribution in [3.8, 4) is 5.75 Å². The number of anilines is 1. The van der Waals surface area contributed by atoms with Crippen LogP contribution in [0.25, 0.3) is 0 Å². The minimum Gasteiger partial charge on any atom is -0.430 e. The van der Waals surface area contributed by atoms with E-state index < -0.39 is 6.11 Å². The summed E-state index contributed by atoms with van der Waals surface area (Å²) in [6, 6.07) is 4.77. The average Bonchev–Trinajstić information content (AvgIpc) is 2.25. The largest absolute Gasteiger partial charge is 0.430 e. The van der Waals surface area contributed by atoms with Crippen LogP contribution in [-0.2, 0) is 6.42 Å². The first-order valence-corrected chi connectivity index (χ1v) is 3.53. The standard InChI is InChI=1S/C8H7F2NO/c9-8(10)4-5-2-1-3-6(11)7(5)12-8/h1-3H,4,11H2. The van der Waals surface area contributed by atoms with Crippen LogP contribution in [0.1, 0.15) is 5.56 Å². The molecule has 0 aromatic heterocycles. The second kappa shape index (κ2) is 2.09. The van der Waals surface area contributed by atoms with Gasteiger partial charge in [-0.05, 0) is 6.07 Å². The first-order valence-electron chi connectivity index (χ1n) is 3.53. The van der Waals surface area contributed by atoms with Crippen molar-refractivity contribution < 1.29 is 13.5 Å². The molecule has 4 heteroatoms. The molecule has 0 atom stereocenters. The van der Waals surface area contributed by atoms with Crippen LogP contribution < -0.4 is 10.5 Å². The number of para-hydroxylation sites is 1. The molecule has 0 spiro atoms. The van der Waals surface area contributed by atoms with Gasteiger partial charge < -0.3 is 10.5 Å². The summed E-state index contributed by atoms with van der Waals surface area (Å²) in [5.74, 6) is 0.127. The summed E-state index contributed by atoms with van der Waals surface area (Å²) in [5, 5.41) is 0. The second-order valence-corrected chi connectivity index (χ2v) is 2.75. The summed E-state index contributed by atoms with van der Waals surface area (Å²) < 4.78 is 29.6. The van der Waals surface area contributed by atoms with E-state index in [9.17, 15) is 8.78 Å². The minimum atomic E-state index is -3.09.